The van der Waals surface area contributed by atoms with Crippen molar-refractivity contribution in [3.8, 4) is 11.5 Å². The number of carbonyl (C=O) groups excluding carboxylic acids is 1. The molecule has 1 aliphatic heterocycles. The maximum absolute atomic E-state index is 13.1. The van der Waals surface area contributed by atoms with Crippen molar-refractivity contribution in [3.05, 3.63) is 57.9 Å². The lowest BCUT2D eigenvalue weighted by atomic mass is 9.88. The number of nitrogens with zero attached hydrogens (tertiary/aromatic N) is 2. The average Bonchev–Trinajstić information content (AvgIpc) is 2.72. The van der Waals surface area contributed by atoms with Gasteiger partial charge >= 0.3 is 0 Å². The van der Waals surface area contributed by atoms with Gasteiger partial charge in [-0.2, -0.15) is 0 Å². The molecule has 0 amide bonds. The number of Topliss-reactive ketones (excluding diaryl/α,β-unsaturated/α-hetero) is 1. The van der Waals surface area contributed by atoms with Gasteiger partial charge in [0.15, 0.2) is 17.3 Å². The molecule has 2 aromatic carbocycles. The van der Waals surface area contributed by atoms with E-state index in [9.17, 15) is 19.3 Å². The fourth-order valence-corrected chi connectivity index (χ4v) is 3.49. The molecule has 3 rings (SSSR count). The molecule has 0 saturated carbocycles. The summed E-state index contributed by atoms with van der Waals surface area (Å²) in [6.07, 6.45) is 1.11. The number of nitro groups is 1. The van der Waals surface area contributed by atoms with Gasteiger partial charge in [-0.05, 0) is 37.1 Å². The number of benzene rings is 2. The Labute approximate surface area is 161 Å². The lowest BCUT2D eigenvalue weighted by molar-refractivity contribution is -0.384. The number of hydrogen-bond donors (Lipinski definition) is 0. The number of piperidine rings is 1. The highest BCUT2D eigenvalue weighted by Crippen LogP contribution is 2.40. The Hall–Kier alpha value is -3.16. The van der Waals surface area contributed by atoms with Crippen molar-refractivity contribution in [1.29, 1.82) is 0 Å². The van der Waals surface area contributed by atoms with Crippen LogP contribution in [0.2, 0.25) is 0 Å². The second-order valence-corrected chi connectivity index (χ2v) is 6.59. The Morgan fingerprint density at radius 2 is 1.68 bits per heavy atom. The van der Waals surface area contributed by atoms with Crippen LogP contribution in [0.15, 0.2) is 36.4 Å². The van der Waals surface area contributed by atoms with E-state index in [0.29, 0.717) is 48.7 Å². The van der Waals surface area contributed by atoms with E-state index in [1.807, 2.05) is 4.90 Å². The molecule has 2 aromatic rings. The summed E-state index contributed by atoms with van der Waals surface area (Å²) in [4.78, 5) is 25.6. The van der Waals surface area contributed by atoms with Crippen molar-refractivity contribution in [3.63, 3.8) is 0 Å². The molecule has 28 heavy (non-hydrogen) atoms. The van der Waals surface area contributed by atoms with Crippen LogP contribution in [0.3, 0.4) is 0 Å². The van der Waals surface area contributed by atoms with E-state index in [-0.39, 0.29) is 23.2 Å². The number of ether oxygens (including phenoxy) is 2. The van der Waals surface area contributed by atoms with Crippen LogP contribution in [0.25, 0.3) is 0 Å². The molecule has 0 unspecified atom stereocenters. The molecule has 7 nitrogen and oxygen atoms in total. The van der Waals surface area contributed by atoms with Crippen molar-refractivity contribution in [2.45, 2.75) is 12.8 Å². The van der Waals surface area contributed by atoms with E-state index in [1.165, 1.54) is 44.6 Å². The predicted molar refractivity (Wildman–Crippen MR) is 102 cm³/mol. The number of hydrogen-bond acceptors (Lipinski definition) is 6. The maximum Gasteiger partial charge on any atom is 0.296 e. The predicted octanol–water partition coefficient (Wildman–Crippen LogP) is 3.85. The number of rotatable bonds is 6. The van der Waals surface area contributed by atoms with Gasteiger partial charge < -0.3 is 14.4 Å². The number of carbonyl (C=O) groups is 1. The third-order valence-electron chi connectivity index (χ3n) is 5.01. The standard InChI is InChI=1S/C20H21FN2O5/c1-27-18-11-16(17(23(25)26)12-19(18)28-2)22-9-7-14(8-10-22)20(24)13-3-5-15(21)6-4-13/h3-6,11-12,14H,7-10H2,1-2H3. The SMILES string of the molecule is COc1cc(N2CCC(C(=O)c3ccc(F)cc3)CC2)c([N+](=O)[O-])cc1OC. The zero-order valence-corrected chi connectivity index (χ0v) is 15.7. The third kappa shape index (κ3) is 3.90. The number of ketones is 1. The zero-order chi connectivity index (χ0) is 20.3. The van der Waals surface area contributed by atoms with Gasteiger partial charge in [-0.15, -0.1) is 0 Å². The van der Waals surface area contributed by atoms with Gasteiger partial charge in [-0.3, -0.25) is 14.9 Å². The first-order valence-electron chi connectivity index (χ1n) is 8.89. The van der Waals surface area contributed by atoms with Crippen LogP contribution >= 0.6 is 0 Å². The smallest absolute Gasteiger partial charge is 0.296 e. The molecule has 0 bridgehead atoms. The Morgan fingerprint density at radius 3 is 2.21 bits per heavy atom. The molecular weight excluding hydrogens is 367 g/mol. The molecule has 0 aromatic heterocycles. The van der Waals surface area contributed by atoms with Crippen molar-refractivity contribution in [1.82, 2.24) is 0 Å². The summed E-state index contributed by atoms with van der Waals surface area (Å²) in [6, 6.07) is 8.47. The molecule has 1 aliphatic rings. The van der Waals surface area contributed by atoms with Gasteiger partial charge in [0.1, 0.15) is 11.5 Å². The Morgan fingerprint density at radius 1 is 1.11 bits per heavy atom. The van der Waals surface area contributed by atoms with Crippen LogP contribution in [0.4, 0.5) is 15.8 Å². The highest BCUT2D eigenvalue weighted by atomic mass is 19.1. The summed E-state index contributed by atoms with van der Waals surface area (Å²) >= 11 is 0. The number of methoxy groups -OCH3 is 2. The minimum atomic E-state index is -0.451. The quantitative estimate of drug-likeness (QED) is 0.425. The summed E-state index contributed by atoms with van der Waals surface area (Å²) in [6.45, 7) is 0.988. The van der Waals surface area contributed by atoms with Crippen LogP contribution < -0.4 is 14.4 Å². The zero-order valence-electron chi connectivity index (χ0n) is 15.7. The summed E-state index contributed by atoms with van der Waals surface area (Å²) < 4.78 is 23.5. The molecule has 148 valence electrons. The monoisotopic (exact) mass is 388 g/mol. The fraction of sp³-hybridized carbons (Fsp3) is 0.350. The van der Waals surface area contributed by atoms with Gasteiger partial charge in [0.2, 0.25) is 0 Å². The lowest BCUT2D eigenvalue weighted by Gasteiger charge is -2.33. The average molecular weight is 388 g/mol. The van der Waals surface area contributed by atoms with Crippen LogP contribution in [0, 0.1) is 21.8 Å². The molecular formula is C20H21FN2O5. The summed E-state index contributed by atoms with van der Waals surface area (Å²) in [5.41, 5.74) is 0.855. The van der Waals surface area contributed by atoms with E-state index < -0.39 is 4.92 Å². The van der Waals surface area contributed by atoms with Crippen molar-refractivity contribution >= 4 is 17.2 Å². The summed E-state index contributed by atoms with van der Waals surface area (Å²) in [5.74, 6) is 0.0986. The van der Waals surface area contributed by atoms with E-state index >= 15 is 0 Å². The molecule has 1 saturated heterocycles. The fourth-order valence-electron chi connectivity index (χ4n) is 3.49. The molecule has 0 atom stereocenters. The Bertz CT molecular complexity index is 877. The molecule has 0 aliphatic carbocycles. The molecule has 1 fully saturated rings. The summed E-state index contributed by atoms with van der Waals surface area (Å²) in [5, 5.41) is 11.5. The molecule has 0 N–H and O–H groups in total. The number of anilines is 1. The second kappa shape index (κ2) is 8.24. The Balaban J connectivity index is 1.78. The minimum Gasteiger partial charge on any atom is -0.493 e. The minimum absolute atomic E-state index is 0.0264. The molecule has 1 heterocycles. The van der Waals surface area contributed by atoms with Gasteiger partial charge in [-0.25, -0.2) is 4.39 Å². The molecule has 0 spiro atoms. The number of halogens is 1. The second-order valence-electron chi connectivity index (χ2n) is 6.59. The van der Waals surface area contributed by atoms with E-state index in [1.54, 1.807) is 6.07 Å². The van der Waals surface area contributed by atoms with Gasteiger partial charge in [-0.1, -0.05) is 0 Å². The number of nitro benzene ring substituents is 1. The third-order valence-corrected chi connectivity index (χ3v) is 5.01. The first kappa shape index (κ1) is 19.6. The first-order valence-corrected chi connectivity index (χ1v) is 8.89. The van der Waals surface area contributed by atoms with Crippen molar-refractivity contribution < 1.29 is 23.6 Å². The van der Waals surface area contributed by atoms with E-state index in [0.717, 1.165) is 0 Å². The highest BCUT2D eigenvalue weighted by Gasteiger charge is 2.30. The van der Waals surface area contributed by atoms with Crippen LogP contribution in [0.1, 0.15) is 23.2 Å². The largest absolute Gasteiger partial charge is 0.493 e. The normalized spacial score (nSPS) is 14.6. The van der Waals surface area contributed by atoms with Gasteiger partial charge in [0, 0.05) is 30.6 Å². The van der Waals surface area contributed by atoms with Gasteiger partial charge in [0.25, 0.3) is 5.69 Å². The lowest BCUT2D eigenvalue weighted by Crippen LogP contribution is -2.36. The first-order chi connectivity index (χ1) is 13.4. The molecule has 0 radical (unpaired) electrons. The highest BCUT2D eigenvalue weighted by molar-refractivity contribution is 5.98. The van der Waals surface area contributed by atoms with Crippen LogP contribution in [-0.4, -0.2) is 38.0 Å². The van der Waals surface area contributed by atoms with Crippen molar-refractivity contribution in [2.24, 2.45) is 5.92 Å². The van der Waals surface area contributed by atoms with E-state index in [2.05, 4.69) is 0 Å². The maximum atomic E-state index is 13.1. The van der Waals surface area contributed by atoms with E-state index in [4.69, 9.17) is 9.47 Å². The summed E-state index contributed by atoms with van der Waals surface area (Å²) in [7, 11) is 2.90. The Kier molecular flexibility index (Phi) is 5.77. The molecule has 8 heteroatoms. The van der Waals surface area contributed by atoms with Crippen LogP contribution in [0.5, 0.6) is 11.5 Å². The topological polar surface area (TPSA) is 81.9 Å². The van der Waals surface area contributed by atoms with Crippen LogP contribution in [-0.2, 0) is 0 Å². The van der Waals surface area contributed by atoms with Crippen molar-refractivity contribution in [2.75, 3.05) is 32.2 Å². The van der Waals surface area contributed by atoms with Gasteiger partial charge in [0.05, 0.1) is 25.2 Å².